The van der Waals surface area contributed by atoms with E-state index in [1.54, 1.807) is 6.07 Å². The van der Waals surface area contributed by atoms with E-state index in [0.717, 1.165) is 49.6 Å². The number of hydrogen-bond donors (Lipinski definition) is 1. The normalized spacial score (nSPS) is 19.0. The summed E-state index contributed by atoms with van der Waals surface area (Å²) >= 11 is 0. The number of nitrogens with one attached hydrogen (secondary N) is 1. The summed E-state index contributed by atoms with van der Waals surface area (Å²) in [5.74, 6) is -0.377. The fraction of sp³-hybridized carbons (Fsp3) is 0.368. The molecule has 1 spiro atoms. The van der Waals surface area contributed by atoms with Gasteiger partial charge in [0.05, 0.1) is 11.5 Å². The summed E-state index contributed by atoms with van der Waals surface area (Å²) in [4.78, 5) is -0.0313. The predicted molar refractivity (Wildman–Crippen MR) is 95.2 cm³/mol. The minimum absolute atomic E-state index is 0.0313. The fourth-order valence-corrected chi connectivity index (χ4v) is 4.05. The van der Waals surface area contributed by atoms with Gasteiger partial charge in [-0.1, -0.05) is 12.1 Å². The zero-order chi connectivity index (χ0) is 18.4. The van der Waals surface area contributed by atoms with Gasteiger partial charge in [0.2, 0.25) is 5.79 Å². The Morgan fingerprint density at radius 3 is 2.58 bits per heavy atom. The van der Waals surface area contributed by atoms with E-state index >= 15 is 0 Å². The van der Waals surface area contributed by atoms with Crippen LogP contribution in [0.4, 0.5) is 4.39 Å². The Morgan fingerprint density at radius 2 is 1.88 bits per heavy atom. The third-order valence-electron chi connectivity index (χ3n) is 4.89. The standard InChI is InChI=1S/C19H20FNO4S/c1-26(22,23)15-3-4-16(17(20)11-15)13-2-5-18-14(10-13)12-24-19(25-18)6-8-21-9-7-19/h2-5,10-11,21H,6-9,12H2,1H3. The molecule has 0 unspecified atom stereocenters. The Balaban J connectivity index is 1.64. The molecule has 0 atom stereocenters. The van der Waals surface area contributed by atoms with Crippen LogP contribution in [0.25, 0.3) is 11.1 Å². The second-order valence-corrected chi connectivity index (χ2v) is 8.80. The smallest absolute Gasteiger partial charge is 0.213 e. The molecular weight excluding hydrogens is 357 g/mol. The maximum Gasteiger partial charge on any atom is 0.213 e. The lowest BCUT2D eigenvalue weighted by Gasteiger charge is -2.41. The van der Waals surface area contributed by atoms with E-state index in [0.29, 0.717) is 17.7 Å². The van der Waals surface area contributed by atoms with E-state index in [1.807, 2.05) is 12.1 Å². The number of hydrogen-bond acceptors (Lipinski definition) is 5. The van der Waals surface area contributed by atoms with E-state index in [-0.39, 0.29) is 4.90 Å². The van der Waals surface area contributed by atoms with E-state index in [2.05, 4.69) is 5.32 Å². The molecular formula is C19H20FNO4S. The molecule has 138 valence electrons. The zero-order valence-corrected chi connectivity index (χ0v) is 15.2. The van der Waals surface area contributed by atoms with Crippen molar-refractivity contribution in [2.24, 2.45) is 0 Å². The van der Waals surface area contributed by atoms with Crippen molar-refractivity contribution in [2.45, 2.75) is 30.1 Å². The summed E-state index contributed by atoms with van der Waals surface area (Å²) in [7, 11) is -3.44. The molecule has 2 aromatic carbocycles. The van der Waals surface area contributed by atoms with Crippen LogP contribution in [0.3, 0.4) is 0 Å². The molecule has 0 radical (unpaired) electrons. The molecule has 0 aromatic heterocycles. The highest BCUT2D eigenvalue weighted by molar-refractivity contribution is 7.90. The van der Waals surface area contributed by atoms with Gasteiger partial charge in [-0.15, -0.1) is 0 Å². The maximum absolute atomic E-state index is 14.5. The Kier molecular flexibility index (Phi) is 4.25. The highest BCUT2D eigenvalue weighted by Crippen LogP contribution is 2.38. The Hall–Kier alpha value is -1.96. The summed E-state index contributed by atoms with van der Waals surface area (Å²) in [6.07, 6.45) is 2.64. The van der Waals surface area contributed by atoms with Gasteiger partial charge >= 0.3 is 0 Å². The highest BCUT2D eigenvalue weighted by Gasteiger charge is 2.38. The van der Waals surface area contributed by atoms with Gasteiger partial charge in [-0.3, -0.25) is 0 Å². The van der Waals surface area contributed by atoms with Crippen LogP contribution >= 0.6 is 0 Å². The van der Waals surface area contributed by atoms with Gasteiger partial charge in [0.15, 0.2) is 9.84 Å². The number of rotatable bonds is 2. The van der Waals surface area contributed by atoms with Crippen molar-refractivity contribution in [2.75, 3.05) is 19.3 Å². The number of halogens is 1. The van der Waals surface area contributed by atoms with Crippen LogP contribution in [0.2, 0.25) is 0 Å². The van der Waals surface area contributed by atoms with Crippen molar-refractivity contribution in [3.8, 4) is 16.9 Å². The summed E-state index contributed by atoms with van der Waals surface area (Å²) in [5.41, 5.74) is 1.87. The van der Waals surface area contributed by atoms with Crippen LogP contribution in [0.1, 0.15) is 18.4 Å². The van der Waals surface area contributed by atoms with E-state index < -0.39 is 21.4 Å². The average molecular weight is 377 g/mol. The minimum Gasteiger partial charge on any atom is -0.462 e. The molecule has 4 rings (SSSR count). The highest BCUT2D eigenvalue weighted by atomic mass is 32.2. The van der Waals surface area contributed by atoms with E-state index in [4.69, 9.17) is 9.47 Å². The van der Waals surface area contributed by atoms with Crippen molar-refractivity contribution < 1.29 is 22.3 Å². The van der Waals surface area contributed by atoms with Crippen molar-refractivity contribution in [3.63, 3.8) is 0 Å². The van der Waals surface area contributed by atoms with Crippen LogP contribution in [0, 0.1) is 5.82 Å². The molecule has 2 aliphatic rings. The molecule has 7 heteroatoms. The van der Waals surface area contributed by atoms with Gasteiger partial charge in [0.25, 0.3) is 0 Å². The predicted octanol–water partition coefficient (Wildman–Crippen LogP) is 2.88. The maximum atomic E-state index is 14.5. The number of piperidine rings is 1. The van der Waals surface area contributed by atoms with Crippen molar-refractivity contribution in [3.05, 3.63) is 47.8 Å². The zero-order valence-electron chi connectivity index (χ0n) is 14.4. The van der Waals surface area contributed by atoms with Gasteiger partial charge < -0.3 is 14.8 Å². The number of fused-ring (bicyclic) bond motifs is 1. The molecule has 5 nitrogen and oxygen atoms in total. The van der Waals surface area contributed by atoms with Crippen molar-refractivity contribution in [1.29, 1.82) is 0 Å². The molecule has 2 aromatic rings. The van der Waals surface area contributed by atoms with Crippen molar-refractivity contribution >= 4 is 9.84 Å². The molecule has 2 aliphatic heterocycles. The first-order valence-electron chi connectivity index (χ1n) is 8.53. The van der Waals surface area contributed by atoms with Crippen LogP contribution in [-0.2, 0) is 21.2 Å². The summed E-state index contributed by atoms with van der Waals surface area (Å²) in [6, 6.07) is 9.43. The van der Waals surface area contributed by atoms with Crippen LogP contribution in [0.5, 0.6) is 5.75 Å². The lowest BCUT2D eigenvalue weighted by atomic mass is 9.99. The Labute approximate surface area is 152 Å². The summed E-state index contributed by atoms with van der Waals surface area (Å²) < 4.78 is 49.7. The second-order valence-electron chi connectivity index (χ2n) is 6.79. The van der Waals surface area contributed by atoms with Crippen LogP contribution in [0.15, 0.2) is 41.3 Å². The van der Waals surface area contributed by atoms with Crippen LogP contribution in [-0.4, -0.2) is 33.6 Å². The monoisotopic (exact) mass is 377 g/mol. The average Bonchev–Trinajstić information content (AvgIpc) is 2.61. The lowest BCUT2D eigenvalue weighted by Crippen LogP contribution is -2.49. The van der Waals surface area contributed by atoms with Gasteiger partial charge in [-0.05, 0) is 29.8 Å². The van der Waals surface area contributed by atoms with E-state index in [9.17, 15) is 12.8 Å². The molecule has 0 saturated carbocycles. The first kappa shape index (κ1) is 17.5. The fourth-order valence-electron chi connectivity index (χ4n) is 3.41. The van der Waals surface area contributed by atoms with Crippen molar-refractivity contribution in [1.82, 2.24) is 5.32 Å². The molecule has 2 heterocycles. The first-order chi connectivity index (χ1) is 12.4. The topological polar surface area (TPSA) is 64.6 Å². The Bertz CT molecular complexity index is 952. The largest absolute Gasteiger partial charge is 0.462 e. The van der Waals surface area contributed by atoms with Gasteiger partial charge in [0, 0.05) is 43.3 Å². The van der Waals surface area contributed by atoms with Gasteiger partial charge in [-0.2, -0.15) is 0 Å². The molecule has 0 bridgehead atoms. The number of ether oxygens (including phenoxy) is 2. The molecule has 0 aliphatic carbocycles. The van der Waals surface area contributed by atoms with Gasteiger partial charge in [-0.25, -0.2) is 12.8 Å². The SMILES string of the molecule is CS(=O)(=O)c1ccc(-c2ccc3c(c2)COC2(CCNCC2)O3)c(F)c1. The third-order valence-corrected chi connectivity index (χ3v) is 6.00. The third kappa shape index (κ3) is 3.22. The second kappa shape index (κ2) is 6.33. The van der Waals surface area contributed by atoms with Crippen LogP contribution < -0.4 is 10.1 Å². The molecule has 1 fully saturated rings. The molecule has 26 heavy (non-hydrogen) atoms. The summed E-state index contributed by atoms with van der Waals surface area (Å²) in [5, 5.41) is 3.29. The quantitative estimate of drug-likeness (QED) is 0.872. The number of sulfone groups is 1. The lowest BCUT2D eigenvalue weighted by molar-refractivity contribution is -0.218. The molecule has 1 N–H and O–H groups in total. The molecule has 1 saturated heterocycles. The van der Waals surface area contributed by atoms with E-state index in [1.165, 1.54) is 12.1 Å². The summed E-state index contributed by atoms with van der Waals surface area (Å²) in [6.45, 7) is 2.11. The molecule has 0 amide bonds. The Morgan fingerprint density at radius 1 is 1.12 bits per heavy atom. The number of benzene rings is 2. The first-order valence-corrected chi connectivity index (χ1v) is 10.4. The minimum atomic E-state index is -3.44. The van der Waals surface area contributed by atoms with Gasteiger partial charge in [0.1, 0.15) is 11.6 Å².